The predicted molar refractivity (Wildman–Crippen MR) is 54.7 cm³/mol. The van der Waals surface area contributed by atoms with Crippen molar-refractivity contribution in [3.63, 3.8) is 0 Å². The van der Waals surface area contributed by atoms with Crippen LogP contribution < -0.4 is 5.32 Å². The molecule has 0 bridgehead atoms. The van der Waals surface area contributed by atoms with Crippen LogP contribution in [0, 0.1) is 0 Å². The third kappa shape index (κ3) is 2.54. The van der Waals surface area contributed by atoms with E-state index in [1.807, 2.05) is 25.2 Å². The lowest BCUT2D eigenvalue weighted by Crippen LogP contribution is -2.29. The van der Waals surface area contributed by atoms with Crippen molar-refractivity contribution in [1.29, 1.82) is 0 Å². The first-order valence-corrected chi connectivity index (χ1v) is 4.54. The van der Waals surface area contributed by atoms with Gasteiger partial charge in [-0.25, -0.2) is 0 Å². The van der Waals surface area contributed by atoms with E-state index in [9.17, 15) is 0 Å². The molecule has 13 heavy (non-hydrogen) atoms. The molecular weight excluding hydrogens is 162 g/mol. The summed E-state index contributed by atoms with van der Waals surface area (Å²) in [5.74, 6) is 0. The number of nitrogens with one attached hydrogen (secondary N) is 1. The smallest absolute Gasteiger partial charge is 0.0971 e. The quantitative estimate of drug-likeness (QED) is 0.763. The minimum Gasteiger partial charge on any atom is -0.375 e. The average Bonchev–Trinajstić information content (AvgIpc) is 2.20. The van der Waals surface area contributed by atoms with Gasteiger partial charge in [-0.05, 0) is 19.5 Å². The second-order valence-electron chi connectivity index (χ2n) is 3.14. The van der Waals surface area contributed by atoms with Gasteiger partial charge in [0.15, 0.2) is 0 Å². The van der Waals surface area contributed by atoms with Crippen molar-refractivity contribution in [2.45, 2.75) is 19.1 Å². The predicted octanol–water partition coefficient (Wildman–Crippen LogP) is 1.98. The van der Waals surface area contributed by atoms with Crippen LogP contribution in [-0.4, -0.2) is 20.2 Å². The van der Waals surface area contributed by atoms with Gasteiger partial charge in [0.1, 0.15) is 0 Å². The number of benzene rings is 1. The van der Waals surface area contributed by atoms with Gasteiger partial charge in [-0.15, -0.1) is 0 Å². The standard InChI is InChI=1S/C11H17NO/c1-9(12-2)11(13-3)10-7-5-4-6-8-10/h4-9,11-12H,1-3H3/t9?,11-/m0/s1. The largest absolute Gasteiger partial charge is 0.375 e. The first kappa shape index (κ1) is 10.2. The number of likely N-dealkylation sites (N-methyl/N-ethyl adjacent to an activating group) is 1. The van der Waals surface area contributed by atoms with Gasteiger partial charge in [0.2, 0.25) is 0 Å². The number of hydrogen-bond acceptors (Lipinski definition) is 2. The Morgan fingerprint density at radius 1 is 1.23 bits per heavy atom. The van der Waals surface area contributed by atoms with Crippen molar-refractivity contribution in [2.75, 3.05) is 14.2 Å². The van der Waals surface area contributed by atoms with E-state index in [0.29, 0.717) is 6.04 Å². The maximum absolute atomic E-state index is 5.43. The van der Waals surface area contributed by atoms with Crippen molar-refractivity contribution >= 4 is 0 Å². The molecule has 2 nitrogen and oxygen atoms in total. The van der Waals surface area contributed by atoms with Crippen LogP contribution >= 0.6 is 0 Å². The van der Waals surface area contributed by atoms with Gasteiger partial charge in [-0.2, -0.15) is 0 Å². The first-order valence-electron chi connectivity index (χ1n) is 4.54. The second kappa shape index (κ2) is 5.00. The summed E-state index contributed by atoms with van der Waals surface area (Å²) in [7, 11) is 3.69. The summed E-state index contributed by atoms with van der Waals surface area (Å²) >= 11 is 0. The minimum absolute atomic E-state index is 0.131. The molecule has 0 radical (unpaired) electrons. The van der Waals surface area contributed by atoms with Crippen LogP contribution in [0.25, 0.3) is 0 Å². The van der Waals surface area contributed by atoms with E-state index in [-0.39, 0.29) is 6.10 Å². The summed E-state index contributed by atoms with van der Waals surface area (Å²) in [6.45, 7) is 2.11. The van der Waals surface area contributed by atoms with Gasteiger partial charge in [-0.1, -0.05) is 30.3 Å². The van der Waals surface area contributed by atoms with Crippen LogP contribution in [0.15, 0.2) is 30.3 Å². The van der Waals surface area contributed by atoms with Gasteiger partial charge >= 0.3 is 0 Å². The van der Waals surface area contributed by atoms with Gasteiger partial charge < -0.3 is 10.1 Å². The Labute approximate surface area is 79.9 Å². The zero-order valence-electron chi connectivity index (χ0n) is 8.45. The van der Waals surface area contributed by atoms with E-state index in [2.05, 4.69) is 24.4 Å². The molecule has 1 unspecified atom stereocenters. The molecule has 0 saturated heterocycles. The highest BCUT2D eigenvalue weighted by atomic mass is 16.5. The fourth-order valence-electron chi connectivity index (χ4n) is 1.42. The summed E-state index contributed by atoms with van der Waals surface area (Å²) in [4.78, 5) is 0. The SMILES string of the molecule is CNC(C)[C@H](OC)c1ccccc1. The molecule has 0 saturated carbocycles. The van der Waals surface area contributed by atoms with E-state index < -0.39 is 0 Å². The molecule has 2 atom stereocenters. The fourth-order valence-corrected chi connectivity index (χ4v) is 1.42. The third-order valence-corrected chi connectivity index (χ3v) is 2.29. The van der Waals surface area contributed by atoms with E-state index in [4.69, 9.17) is 4.74 Å². The molecule has 1 N–H and O–H groups in total. The van der Waals surface area contributed by atoms with Crippen molar-refractivity contribution in [3.8, 4) is 0 Å². The van der Waals surface area contributed by atoms with Gasteiger partial charge in [0.25, 0.3) is 0 Å². The molecule has 1 rings (SSSR count). The topological polar surface area (TPSA) is 21.3 Å². The summed E-state index contributed by atoms with van der Waals surface area (Å²) in [5.41, 5.74) is 1.21. The molecule has 0 aliphatic carbocycles. The molecule has 0 heterocycles. The van der Waals surface area contributed by atoms with Crippen molar-refractivity contribution in [3.05, 3.63) is 35.9 Å². The highest BCUT2D eigenvalue weighted by molar-refractivity contribution is 5.18. The third-order valence-electron chi connectivity index (χ3n) is 2.29. The molecule has 0 aliphatic rings. The Balaban J connectivity index is 2.78. The highest BCUT2D eigenvalue weighted by Gasteiger charge is 2.16. The molecule has 1 aromatic carbocycles. The lowest BCUT2D eigenvalue weighted by Gasteiger charge is -2.22. The first-order chi connectivity index (χ1) is 6.29. The fraction of sp³-hybridized carbons (Fsp3) is 0.455. The molecule has 0 aliphatic heterocycles. The van der Waals surface area contributed by atoms with E-state index >= 15 is 0 Å². The summed E-state index contributed by atoms with van der Waals surface area (Å²) in [6, 6.07) is 10.6. The monoisotopic (exact) mass is 179 g/mol. The number of methoxy groups -OCH3 is 1. The Kier molecular flexibility index (Phi) is 3.93. The Bertz CT molecular complexity index is 235. The summed E-state index contributed by atoms with van der Waals surface area (Å²) < 4.78 is 5.43. The van der Waals surface area contributed by atoms with Gasteiger partial charge in [-0.3, -0.25) is 0 Å². The van der Waals surface area contributed by atoms with Crippen LogP contribution in [0.4, 0.5) is 0 Å². The number of ether oxygens (including phenoxy) is 1. The van der Waals surface area contributed by atoms with E-state index in [1.165, 1.54) is 5.56 Å². The molecular formula is C11H17NO. The van der Waals surface area contributed by atoms with Crippen LogP contribution in [0.1, 0.15) is 18.6 Å². The normalized spacial score (nSPS) is 15.3. The van der Waals surface area contributed by atoms with Gasteiger partial charge in [0.05, 0.1) is 6.10 Å². The maximum atomic E-state index is 5.43. The maximum Gasteiger partial charge on any atom is 0.0971 e. The average molecular weight is 179 g/mol. The lowest BCUT2D eigenvalue weighted by molar-refractivity contribution is 0.0761. The molecule has 0 amide bonds. The molecule has 1 aromatic rings. The zero-order chi connectivity index (χ0) is 9.68. The Morgan fingerprint density at radius 2 is 1.85 bits per heavy atom. The van der Waals surface area contributed by atoms with Crippen LogP contribution in [0.5, 0.6) is 0 Å². The van der Waals surface area contributed by atoms with Crippen molar-refractivity contribution in [2.24, 2.45) is 0 Å². The Hall–Kier alpha value is -0.860. The van der Waals surface area contributed by atoms with Crippen LogP contribution in [0.2, 0.25) is 0 Å². The summed E-state index contributed by atoms with van der Waals surface area (Å²) in [6.07, 6.45) is 0.131. The number of rotatable bonds is 4. The molecule has 72 valence electrons. The number of hydrogen-bond donors (Lipinski definition) is 1. The lowest BCUT2D eigenvalue weighted by atomic mass is 10.0. The van der Waals surface area contributed by atoms with E-state index in [1.54, 1.807) is 7.11 Å². The molecule has 0 spiro atoms. The van der Waals surface area contributed by atoms with Crippen molar-refractivity contribution < 1.29 is 4.74 Å². The Morgan fingerprint density at radius 3 is 2.31 bits per heavy atom. The summed E-state index contributed by atoms with van der Waals surface area (Å²) in [5, 5.41) is 3.19. The van der Waals surface area contributed by atoms with Crippen LogP contribution in [0.3, 0.4) is 0 Å². The van der Waals surface area contributed by atoms with Crippen LogP contribution in [-0.2, 0) is 4.74 Å². The highest BCUT2D eigenvalue weighted by Crippen LogP contribution is 2.19. The zero-order valence-corrected chi connectivity index (χ0v) is 8.45. The molecule has 2 heteroatoms. The van der Waals surface area contributed by atoms with E-state index in [0.717, 1.165) is 0 Å². The van der Waals surface area contributed by atoms with Crippen molar-refractivity contribution in [1.82, 2.24) is 5.32 Å². The van der Waals surface area contributed by atoms with Gasteiger partial charge in [0, 0.05) is 13.2 Å². The molecule has 0 fully saturated rings. The minimum atomic E-state index is 0.131. The molecule has 0 aromatic heterocycles. The second-order valence-corrected chi connectivity index (χ2v) is 3.14.